The number of sulfonamides is 1. The van der Waals surface area contributed by atoms with Crippen LogP contribution in [0.1, 0.15) is 28.8 Å². The third-order valence-corrected chi connectivity index (χ3v) is 7.78. The van der Waals surface area contributed by atoms with Gasteiger partial charge in [0.25, 0.3) is 10.0 Å². The Hall–Kier alpha value is -1.70. The van der Waals surface area contributed by atoms with Crippen molar-refractivity contribution in [3.05, 3.63) is 46.8 Å². The van der Waals surface area contributed by atoms with E-state index in [0.717, 1.165) is 5.56 Å². The molecule has 2 heterocycles. The fourth-order valence-corrected chi connectivity index (χ4v) is 5.84. The van der Waals surface area contributed by atoms with Gasteiger partial charge in [0.15, 0.2) is 5.78 Å². The van der Waals surface area contributed by atoms with Crippen molar-refractivity contribution >= 4 is 27.1 Å². The van der Waals surface area contributed by atoms with Gasteiger partial charge < -0.3 is 4.74 Å². The first-order valence-corrected chi connectivity index (χ1v) is 10.5. The quantitative estimate of drug-likeness (QED) is 0.748. The molecule has 0 saturated carbocycles. The lowest BCUT2D eigenvalue weighted by atomic mass is 9.89. The zero-order valence-electron chi connectivity index (χ0n) is 14.3. The Bertz CT molecular complexity index is 859. The van der Waals surface area contributed by atoms with Crippen LogP contribution in [0.25, 0.3) is 0 Å². The third-order valence-electron chi connectivity index (χ3n) is 4.54. The Morgan fingerprint density at radius 1 is 1.32 bits per heavy atom. The number of Topliss-reactive ketones (excluding diaryl/α,β-unsaturated/α-hetero) is 1. The van der Waals surface area contributed by atoms with E-state index in [1.165, 1.54) is 15.6 Å². The summed E-state index contributed by atoms with van der Waals surface area (Å²) in [6.07, 6.45) is 1.40. The summed E-state index contributed by atoms with van der Waals surface area (Å²) in [6, 6.07) is 8.70. The average molecular weight is 380 g/mol. The number of piperidine rings is 1. The number of nitrogens with zero attached hydrogens (tertiary/aromatic N) is 1. The van der Waals surface area contributed by atoms with Gasteiger partial charge in [-0.15, -0.1) is 11.3 Å². The average Bonchev–Trinajstić information content (AvgIpc) is 3.16. The molecule has 1 aromatic heterocycles. The smallest absolute Gasteiger partial charge is 0.252 e. The second kappa shape index (κ2) is 7.27. The van der Waals surface area contributed by atoms with Gasteiger partial charge in [0, 0.05) is 24.6 Å². The highest BCUT2D eigenvalue weighted by Crippen LogP contribution is 2.29. The van der Waals surface area contributed by atoms with Crippen molar-refractivity contribution in [1.82, 2.24) is 4.31 Å². The molecular weight excluding hydrogens is 358 g/mol. The van der Waals surface area contributed by atoms with Crippen molar-refractivity contribution < 1.29 is 17.9 Å². The van der Waals surface area contributed by atoms with Crippen LogP contribution in [0.3, 0.4) is 0 Å². The molecule has 7 heteroatoms. The third kappa shape index (κ3) is 3.63. The Balaban J connectivity index is 1.81. The first-order chi connectivity index (χ1) is 11.9. The Kier molecular flexibility index (Phi) is 5.27. The maximum absolute atomic E-state index is 12.9. The number of thiophene rings is 1. The van der Waals surface area contributed by atoms with E-state index in [1.807, 2.05) is 13.0 Å². The van der Waals surface area contributed by atoms with E-state index in [1.54, 1.807) is 36.8 Å². The highest BCUT2D eigenvalue weighted by molar-refractivity contribution is 7.91. The van der Waals surface area contributed by atoms with E-state index >= 15 is 0 Å². The van der Waals surface area contributed by atoms with Gasteiger partial charge in [0.2, 0.25) is 0 Å². The van der Waals surface area contributed by atoms with Crippen LogP contribution in [-0.4, -0.2) is 38.7 Å². The molecule has 0 radical (unpaired) electrons. The van der Waals surface area contributed by atoms with Gasteiger partial charge >= 0.3 is 0 Å². The van der Waals surface area contributed by atoms with Gasteiger partial charge in [-0.2, -0.15) is 4.31 Å². The highest BCUT2D eigenvalue weighted by Gasteiger charge is 2.34. The van der Waals surface area contributed by atoms with Gasteiger partial charge in [0.05, 0.1) is 7.11 Å². The van der Waals surface area contributed by atoms with Crippen LogP contribution in [0.2, 0.25) is 0 Å². The molecular formula is C18H21NO4S2. The van der Waals surface area contributed by atoms with E-state index < -0.39 is 10.0 Å². The van der Waals surface area contributed by atoms with Crippen molar-refractivity contribution in [2.45, 2.75) is 24.0 Å². The standard InChI is InChI=1S/C18H21NO4S2/c1-13-11-15(23-2)7-8-16(13)18(20)14-5-3-9-19(12-14)25(21,22)17-6-4-10-24-17/h4,6-8,10-11,14H,3,5,9,12H2,1-2H3. The lowest BCUT2D eigenvalue weighted by molar-refractivity contribution is 0.0872. The number of hydrogen-bond acceptors (Lipinski definition) is 5. The highest BCUT2D eigenvalue weighted by atomic mass is 32.2. The van der Waals surface area contributed by atoms with E-state index in [0.29, 0.717) is 34.9 Å². The minimum atomic E-state index is -3.51. The minimum Gasteiger partial charge on any atom is -0.497 e. The maximum Gasteiger partial charge on any atom is 0.252 e. The summed E-state index contributed by atoms with van der Waals surface area (Å²) in [5.41, 5.74) is 1.49. The predicted molar refractivity (Wildman–Crippen MR) is 97.9 cm³/mol. The van der Waals surface area contributed by atoms with Crippen LogP contribution in [-0.2, 0) is 10.0 Å². The lowest BCUT2D eigenvalue weighted by Gasteiger charge is -2.31. The molecule has 1 aliphatic heterocycles. The number of carbonyl (C=O) groups excluding carboxylic acids is 1. The number of methoxy groups -OCH3 is 1. The summed E-state index contributed by atoms with van der Waals surface area (Å²) in [5, 5.41) is 1.75. The maximum atomic E-state index is 12.9. The Morgan fingerprint density at radius 3 is 2.76 bits per heavy atom. The molecule has 25 heavy (non-hydrogen) atoms. The second-order valence-electron chi connectivity index (χ2n) is 6.18. The van der Waals surface area contributed by atoms with Crippen molar-refractivity contribution in [3.63, 3.8) is 0 Å². The SMILES string of the molecule is COc1ccc(C(=O)C2CCCN(S(=O)(=O)c3cccs3)C2)c(C)c1. The number of hydrogen-bond donors (Lipinski definition) is 0. The topological polar surface area (TPSA) is 63.7 Å². The Morgan fingerprint density at radius 2 is 2.12 bits per heavy atom. The summed E-state index contributed by atoms with van der Waals surface area (Å²) in [4.78, 5) is 12.9. The van der Waals surface area contributed by atoms with Gasteiger partial charge in [-0.1, -0.05) is 6.07 Å². The van der Waals surface area contributed by atoms with Gasteiger partial charge in [-0.05, 0) is 55.0 Å². The van der Waals surface area contributed by atoms with Crippen molar-refractivity contribution in [2.75, 3.05) is 20.2 Å². The molecule has 134 valence electrons. The molecule has 0 spiro atoms. The minimum absolute atomic E-state index is 0.00577. The van der Waals surface area contributed by atoms with E-state index in [2.05, 4.69) is 0 Å². The number of aryl methyl sites for hydroxylation is 1. The number of benzene rings is 1. The zero-order valence-corrected chi connectivity index (χ0v) is 15.9. The normalized spacial score (nSPS) is 18.9. The summed E-state index contributed by atoms with van der Waals surface area (Å²) >= 11 is 1.21. The first kappa shape index (κ1) is 18.1. The largest absolute Gasteiger partial charge is 0.497 e. The molecule has 1 unspecified atom stereocenters. The molecule has 3 rings (SSSR count). The summed E-state index contributed by atoms with van der Waals surface area (Å²) in [5.74, 6) is 0.404. The van der Waals surface area contributed by atoms with E-state index in [9.17, 15) is 13.2 Å². The summed E-state index contributed by atoms with van der Waals surface area (Å²) < 4.78 is 32.4. The summed E-state index contributed by atoms with van der Waals surface area (Å²) in [7, 11) is -1.92. The van der Waals surface area contributed by atoms with Crippen LogP contribution in [0.4, 0.5) is 0 Å². The van der Waals surface area contributed by atoms with Crippen LogP contribution in [0.15, 0.2) is 39.9 Å². The van der Waals surface area contributed by atoms with Crippen LogP contribution < -0.4 is 4.74 Å². The molecule has 1 saturated heterocycles. The van der Waals surface area contributed by atoms with Crippen molar-refractivity contribution in [3.8, 4) is 5.75 Å². The van der Waals surface area contributed by atoms with Crippen LogP contribution in [0.5, 0.6) is 5.75 Å². The van der Waals surface area contributed by atoms with Crippen molar-refractivity contribution in [1.29, 1.82) is 0 Å². The first-order valence-electron chi connectivity index (χ1n) is 8.16. The fourth-order valence-electron chi connectivity index (χ4n) is 3.17. The van der Waals surface area contributed by atoms with Gasteiger partial charge in [-0.25, -0.2) is 8.42 Å². The Labute approximate surface area is 152 Å². The number of rotatable bonds is 5. The van der Waals surface area contributed by atoms with E-state index in [4.69, 9.17) is 4.74 Å². The molecule has 0 amide bonds. The van der Waals surface area contributed by atoms with Crippen LogP contribution >= 0.6 is 11.3 Å². The zero-order chi connectivity index (χ0) is 18.0. The van der Waals surface area contributed by atoms with Crippen LogP contribution in [0, 0.1) is 12.8 Å². The second-order valence-corrected chi connectivity index (χ2v) is 9.29. The summed E-state index contributed by atoms with van der Waals surface area (Å²) in [6.45, 7) is 2.58. The molecule has 1 atom stereocenters. The van der Waals surface area contributed by atoms with Gasteiger partial charge in [-0.3, -0.25) is 4.79 Å². The van der Waals surface area contributed by atoms with E-state index in [-0.39, 0.29) is 18.2 Å². The molecule has 0 aliphatic carbocycles. The van der Waals surface area contributed by atoms with Gasteiger partial charge in [0.1, 0.15) is 9.96 Å². The molecule has 0 N–H and O–H groups in total. The lowest BCUT2D eigenvalue weighted by Crippen LogP contribution is -2.42. The molecule has 1 fully saturated rings. The number of carbonyl (C=O) groups is 1. The fraction of sp³-hybridized carbons (Fsp3) is 0.389. The number of ether oxygens (including phenoxy) is 1. The molecule has 2 aromatic rings. The monoisotopic (exact) mass is 379 g/mol. The molecule has 1 aromatic carbocycles. The number of ketones is 1. The predicted octanol–water partition coefficient (Wildman–Crippen LogP) is 3.35. The molecule has 1 aliphatic rings. The molecule has 0 bridgehead atoms. The molecule has 5 nitrogen and oxygen atoms in total. The van der Waals surface area contributed by atoms with Crippen molar-refractivity contribution in [2.24, 2.45) is 5.92 Å².